The molecular formula is C20H18O6. The predicted octanol–water partition coefficient (Wildman–Crippen LogP) is 4.14. The minimum Gasteiger partial charge on any atom is -0.496 e. The maximum absolute atomic E-state index is 13.0. The van der Waals surface area contributed by atoms with Crippen molar-refractivity contribution in [1.29, 1.82) is 0 Å². The second kappa shape index (κ2) is 7.76. The first-order valence-corrected chi connectivity index (χ1v) is 7.83. The Morgan fingerprint density at radius 1 is 0.885 bits per heavy atom. The molecule has 134 valence electrons. The molecule has 6 heteroatoms. The van der Waals surface area contributed by atoms with Crippen molar-refractivity contribution in [3.8, 4) is 28.6 Å². The summed E-state index contributed by atoms with van der Waals surface area (Å²) in [5, 5.41) is 0. The molecule has 0 spiro atoms. The second-order valence-corrected chi connectivity index (χ2v) is 5.34. The number of rotatable bonds is 7. The number of carbonyl (C=O) groups is 1. The maximum Gasteiger partial charge on any atom is 0.207 e. The fraction of sp³-hybridized carbons (Fsp3) is 0.150. The Balaban J connectivity index is 2.02. The summed E-state index contributed by atoms with van der Waals surface area (Å²) in [6, 6.07) is 13.8. The minimum atomic E-state index is -0.211. The highest BCUT2D eigenvalue weighted by atomic mass is 17.2. The number of methoxy groups -OCH3 is 2. The average Bonchev–Trinajstić information content (AvgIpc) is 3.22. The summed E-state index contributed by atoms with van der Waals surface area (Å²) < 4.78 is 16.0. The highest BCUT2D eigenvalue weighted by Gasteiger charge is 2.18. The van der Waals surface area contributed by atoms with E-state index in [-0.39, 0.29) is 5.78 Å². The summed E-state index contributed by atoms with van der Waals surface area (Å²) in [7, 11) is 4.41. The number of carbonyl (C=O) groups excluding carboxylic acids is 1. The van der Waals surface area contributed by atoms with Crippen molar-refractivity contribution in [3.05, 3.63) is 65.9 Å². The van der Waals surface area contributed by atoms with Crippen LogP contribution in [-0.4, -0.2) is 27.1 Å². The van der Waals surface area contributed by atoms with Gasteiger partial charge in [-0.3, -0.25) is 4.79 Å². The fourth-order valence-corrected chi connectivity index (χ4v) is 2.60. The van der Waals surface area contributed by atoms with E-state index < -0.39 is 0 Å². The zero-order chi connectivity index (χ0) is 18.5. The third-order valence-corrected chi connectivity index (χ3v) is 3.85. The van der Waals surface area contributed by atoms with E-state index in [0.717, 1.165) is 5.56 Å². The molecular weight excluding hydrogens is 336 g/mol. The molecule has 0 aliphatic heterocycles. The first-order valence-electron chi connectivity index (χ1n) is 7.83. The van der Waals surface area contributed by atoms with Gasteiger partial charge in [0, 0.05) is 11.1 Å². The predicted molar refractivity (Wildman–Crippen MR) is 94.8 cm³/mol. The van der Waals surface area contributed by atoms with Gasteiger partial charge in [-0.2, -0.15) is 4.89 Å². The van der Waals surface area contributed by atoms with E-state index in [1.165, 1.54) is 21.3 Å². The molecule has 0 unspecified atom stereocenters. The zero-order valence-corrected chi connectivity index (χ0v) is 14.6. The van der Waals surface area contributed by atoms with Crippen LogP contribution in [0, 0.1) is 0 Å². The van der Waals surface area contributed by atoms with Crippen LogP contribution in [0.1, 0.15) is 15.9 Å². The Kier molecular flexibility index (Phi) is 5.24. The molecule has 1 aromatic heterocycles. The number of hydrogen-bond donors (Lipinski definition) is 0. The van der Waals surface area contributed by atoms with Crippen molar-refractivity contribution in [2.45, 2.75) is 0 Å². The Labute approximate surface area is 150 Å². The first kappa shape index (κ1) is 17.6. The van der Waals surface area contributed by atoms with Gasteiger partial charge in [-0.25, -0.2) is 0 Å². The van der Waals surface area contributed by atoms with Crippen LogP contribution in [0.4, 0.5) is 0 Å². The van der Waals surface area contributed by atoms with E-state index in [9.17, 15) is 4.79 Å². The van der Waals surface area contributed by atoms with Crippen molar-refractivity contribution in [1.82, 2.24) is 0 Å². The molecule has 1 heterocycles. The van der Waals surface area contributed by atoms with Gasteiger partial charge in [0.25, 0.3) is 0 Å². The molecule has 0 saturated carbocycles. The molecule has 0 N–H and O–H groups in total. The number of ketones is 1. The van der Waals surface area contributed by atoms with Gasteiger partial charge in [0.2, 0.25) is 5.75 Å². The van der Waals surface area contributed by atoms with Gasteiger partial charge in [-0.15, -0.1) is 0 Å². The van der Waals surface area contributed by atoms with Crippen molar-refractivity contribution >= 4 is 5.78 Å². The molecule has 0 atom stereocenters. The van der Waals surface area contributed by atoms with Crippen LogP contribution >= 0.6 is 0 Å². The lowest BCUT2D eigenvalue weighted by atomic mass is 9.99. The van der Waals surface area contributed by atoms with E-state index in [1.807, 2.05) is 12.1 Å². The van der Waals surface area contributed by atoms with Gasteiger partial charge >= 0.3 is 0 Å². The molecule has 0 radical (unpaired) electrons. The van der Waals surface area contributed by atoms with Crippen molar-refractivity contribution in [2.75, 3.05) is 21.3 Å². The number of benzene rings is 2. The number of hydrogen-bond acceptors (Lipinski definition) is 6. The van der Waals surface area contributed by atoms with Crippen molar-refractivity contribution in [2.24, 2.45) is 0 Å². The summed E-state index contributed by atoms with van der Waals surface area (Å²) in [6.07, 6.45) is 1.58. The third kappa shape index (κ3) is 3.41. The van der Waals surface area contributed by atoms with E-state index in [0.29, 0.717) is 34.1 Å². The topological polar surface area (TPSA) is 67.1 Å². The standard InChI is InChI=1S/C20H18O6/c1-22-17-8-6-13(16-5-4-10-25-16)11-15(17)20(21)14-7-9-18(26-24-3)19(12-14)23-2/h4-12H,1-3H3. The summed E-state index contributed by atoms with van der Waals surface area (Å²) in [5.41, 5.74) is 1.63. The van der Waals surface area contributed by atoms with Gasteiger partial charge in [0.05, 0.1) is 33.2 Å². The molecule has 0 saturated heterocycles. The second-order valence-electron chi connectivity index (χ2n) is 5.34. The van der Waals surface area contributed by atoms with E-state index in [4.69, 9.17) is 18.8 Å². The van der Waals surface area contributed by atoms with Gasteiger partial charge in [0.15, 0.2) is 11.5 Å². The van der Waals surface area contributed by atoms with E-state index >= 15 is 0 Å². The third-order valence-electron chi connectivity index (χ3n) is 3.85. The zero-order valence-electron chi connectivity index (χ0n) is 14.6. The molecule has 2 aromatic carbocycles. The summed E-state index contributed by atoms with van der Waals surface area (Å²) in [5.74, 6) is 1.70. The molecule has 0 bridgehead atoms. The fourth-order valence-electron chi connectivity index (χ4n) is 2.60. The van der Waals surface area contributed by atoms with Crippen LogP contribution in [-0.2, 0) is 4.89 Å². The lowest BCUT2D eigenvalue weighted by molar-refractivity contribution is -0.179. The van der Waals surface area contributed by atoms with Crippen LogP contribution < -0.4 is 14.4 Å². The largest absolute Gasteiger partial charge is 0.496 e. The molecule has 6 nitrogen and oxygen atoms in total. The van der Waals surface area contributed by atoms with Crippen molar-refractivity contribution < 1.29 is 28.5 Å². The van der Waals surface area contributed by atoms with Gasteiger partial charge in [-0.05, 0) is 48.5 Å². The van der Waals surface area contributed by atoms with Crippen molar-refractivity contribution in [3.63, 3.8) is 0 Å². The van der Waals surface area contributed by atoms with Gasteiger partial charge < -0.3 is 18.8 Å². The summed E-state index contributed by atoms with van der Waals surface area (Å²) in [4.78, 5) is 22.7. The molecule has 0 amide bonds. The summed E-state index contributed by atoms with van der Waals surface area (Å²) in [6.45, 7) is 0. The first-order chi connectivity index (χ1) is 12.7. The van der Waals surface area contributed by atoms with Gasteiger partial charge in [-0.1, -0.05) is 0 Å². The average molecular weight is 354 g/mol. The molecule has 3 rings (SSSR count). The number of ether oxygens (including phenoxy) is 2. The lowest BCUT2D eigenvalue weighted by Crippen LogP contribution is -2.05. The normalized spacial score (nSPS) is 10.4. The van der Waals surface area contributed by atoms with Crippen LogP contribution in [0.3, 0.4) is 0 Å². The Bertz CT molecular complexity index is 899. The SMILES string of the molecule is COOc1ccc(C(=O)c2cc(-c3ccco3)ccc2OC)cc1OC. The molecule has 0 fully saturated rings. The summed E-state index contributed by atoms with van der Waals surface area (Å²) >= 11 is 0. The lowest BCUT2D eigenvalue weighted by Gasteiger charge is -2.12. The van der Waals surface area contributed by atoms with Gasteiger partial charge in [0.1, 0.15) is 11.5 Å². The molecule has 0 aliphatic carbocycles. The van der Waals surface area contributed by atoms with E-state index in [2.05, 4.69) is 4.89 Å². The smallest absolute Gasteiger partial charge is 0.207 e. The Morgan fingerprint density at radius 3 is 2.31 bits per heavy atom. The molecule has 26 heavy (non-hydrogen) atoms. The van der Waals surface area contributed by atoms with Crippen LogP contribution in [0.2, 0.25) is 0 Å². The molecule has 0 aliphatic rings. The van der Waals surface area contributed by atoms with Crippen LogP contribution in [0.5, 0.6) is 17.2 Å². The molecule has 3 aromatic rings. The Hall–Kier alpha value is -3.25. The van der Waals surface area contributed by atoms with Crippen LogP contribution in [0.15, 0.2) is 59.2 Å². The highest BCUT2D eigenvalue weighted by Crippen LogP contribution is 2.32. The van der Waals surface area contributed by atoms with E-state index in [1.54, 1.807) is 42.7 Å². The number of furan rings is 1. The highest BCUT2D eigenvalue weighted by molar-refractivity contribution is 6.11. The van der Waals surface area contributed by atoms with Crippen LogP contribution in [0.25, 0.3) is 11.3 Å². The minimum absolute atomic E-state index is 0.211. The maximum atomic E-state index is 13.0. The quantitative estimate of drug-likeness (QED) is 0.361. The Morgan fingerprint density at radius 2 is 1.65 bits per heavy atom. The monoisotopic (exact) mass is 354 g/mol.